The normalized spacial score (nSPS) is 11.7. The van der Waals surface area contributed by atoms with Crippen LogP contribution in [-0.2, 0) is 20.7 Å². The van der Waals surface area contributed by atoms with E-state index in [0.717, 1.165) is 22.9 Å². The van der Waals surface area contributed by atoms with Gasteiger partial charge in [-0.2, -0.15) is 0 Å². The highest BCUT2D eigenvalue weighted by atomic mass is 16.5. The average Bonchev–Trinajstić information content (AvgIpc) is 3.16. The topological polar surface area (TPSA) is 89.7 Å². The maximum absolute atomic E-state index is 12.4. The number of para-hydroxylation sites is 1. The third-order valence-corrected chi connectivity index (χ3v) is 4.84. The van der Waals surface area contributed by atoms with Crippen LogP contribution in [0.4, 0.5) is 5.69 Å². The number of carbonyl (C=O) groups excluding carboxylic acids is 2. The number of aryl methyl sites for hydroxylation is 1. The van der Waals surface area contributed by atoms with Crippen LogP contribution in [0.5, 0.6) is 11.5 Å². The van der Waals surface area contributed by atoms with Crippen LogP contribution in [0, 0.1) is 0 Å². The fourth-order valence-corrected chi connectivity index (χ4v) is 3.22. The van der Waals surface area contributed by atoms with Gasteiger partial charge in [0.15, 0.2) is 6.10 Å². The summed E-state index contributed by atoms with van der Waals surface area (Å²) in [6, 6.07) is 13.1. The van der Waals surface area contributed by atoms with Crippen molar-refractivity contribution in [2.45, 2.75) is 32.3 Å². The molecule has 1 unspecified atom stereocenters. The Kier molecular flexibility index (Phi) is 6.95. The maximum Gasteiger partial charge on any atom is 0.306 e. The van der Waals surface area contributed by atoms with Crippen LogP contribution in [0.1, 0.15) is 25.3 Å². The highest BCUT2D eigenvalue weighted by Gasteiger charge is 2.19. The monoisotopic (exact) mass is 410 g/mol. The molecule has 0 aliphatic rings. The van der Waals surface area contributed by atoms with E-state index in [1.165, 1.54) is 14.2 Å². The molecule has 30 heavy (non-hydrogen) atoms. The minimum absolute atomic E-state index is 0.236. The molecule has 0 spiro atoms. The molecular weight excluding hydrogens is 384 g/mol. The van der Waals surface area contributed by atoms with Gasteiger partial charge in [0, 0.05) is 29.6 Å². The number of aromatic amines is 1. The summed E-state index contributed by atoms with van der Waals surface area (Å²) in [4.78, 5) is 27.8. The molecule has 1 amide bonds. The first kappa shape index (κ1) is 21.2. The quantitative estimate of drug-likeness (QED) is 0.519. The number of methoxy groups -OCH3 is 2. The van der Waals surface area contributed by atoms with Crippen LogP contribution in [0.2, 0.25) is 0 Å². The number of rotatable bonds is 9. The Hall–Kier alpha value is -3.48. The summed E-state index contributed by atoms with van der Waals surface area (Å²) in [5.74, 6) is 0.219. The first-order chi connectivity index (χ1) is 14.5. The van der Waals surface area contributed by atoms with Crippen LogP contribution in [-0.4, -0.2) is 37.2 Å². The number of H-pyrrole nitrogens is 1. The molecular formula is C23H26N2O5. The van der Waals surface area contributed by atoms with Gasteiger partial charge in [0.1, 0.15) is 11.5 Å². The van der Waals surface area contributed by atoms with Crippen LogP contribution in [0.15, 0.2) is 48.7 Å². The summed E-state index contributed by atoms with van der Waals surface area (Å²) in [5.41, 5.74) is 2.69. The third-order valence-electron chi connectivity index (χ3n) is 4.84. The number of amides is 1. The van der Waals surface area contributed by atoms with E-state index in [1.807, 2.05) is 24.4 Å². The first-order valence-electron chi connectivity index (χ1n) is 9.79. The van der Waals surface area contributed by atoms with E-state index in [2.05, 4.69) is 16.4 Å². The fraction of sp³-hybridized carbons (Fsp3) is 0.304. The first-order valence-corrected chi connectivity index (χ1v) is 9.79. The summed E-state index contributed by atoms with van der Waals surface area (Å²) < 4.78 is 15.7. The van der Waals surface area contributed by atoms with Crippen LogP contribution < -0.4 is 14.8 Å². The second-order valence-corrected chi connectivity index (χ2v) is 6.90. The lowest BCUT2D eigenvalue weighted by atomic mass is 10.1. The summed E-state index contributed by atoms with van der Waals surface area (Å²) in [6.07, 6.45) is 2.66. The Morgan fingerprint density at radius 2 is 1.90 bits per heavy atom. The lowest BCUT2D eigenvalue weighted by molar-refractivity contribution is -0.153. The molecule has 0 bridgehead atoms. The summed E-state index contributed by atoms with van der Waals surface area (Å²) >= 11 is 0. The van der Waals surface area contributed by atoms with Gasteiger partial charge >= 0.3 is 5.97 Å². The smallest absolute Gasteiger partial charge is 0.306 e. The number of nitrogens with one attached hydrogen (secondary N) is 2. The van der Waals surface area contributed by atoms with Crippen molar-refractivity contribution in [1.29, 1.82) is 0 Å². The van der Waals surface area contributed by atoms with Gasteiger partial charge < -0.3 is 24.5 Å². The number of hydrogen-bond donors (Lipinski definition) is 2. The molecule has 1 aromatic heterocycles. The van der Waals surface area contributed by atoms with Crippen molar-refractivity contribution in [3.05, 3.63) is 54.2 Å². The molecule has 0 radical (unpaired) electrons. The molecule has 2 N–H and O–H groups in total. The van der Waals surface area contributed by atoms with Gasteiger partial charge in [-0.15, -0.1) is 0 Å². The van der Waals surface area contributed by atoms with Crippen molar-refractivity contribution in [1.82, 2.24) is 4.98 Å². The number of benzene rings is 2. The average molecular weight is 410 g/mol. The number of aromatic nitrogens is 1. The van der Waals surface area contributed by atoms with Gasteiger partial charge in [-0.1, -0.05) is 18.2 Å². The molecule has 7 heteroatoms. The maximum atomic E-state index is 12.4. The Bertz CT molecular complexity index is 1030. The molecule has 0 saturated heterocycles. The zero-order valence-electron chi connectivity index (χ0n) is 17.4. The standard InChI is InChI=1S/C23H26N2O5/c1-15(23(27)25-20-13-17(28-2)11-12-21(20)29-3)30-22(26)10-6-7-16-14-24-19-9-5-4-8-18(16)19/h4-5,8-9,11-15,24H,6-7,10H2,1-3H3,(H,25,27). The number of fused-ring (bicyclic) bond motifs is 1. The molecule has 3 rings (SSSR count). The van der Waals surface area contributed by atoms with Crippen molar-refractivity contribution >= 4 is 28.5 Å². The SMILES string of the molecule is COc1ccc(OC)c(NC(=O)C(C)OC(=O)CCCc2c[nH]c3ccccc23)c1. The van der Waals surface area contributed by atoms with E-state index in [9.17, 15) is 9.59 Å². The van der Waals surface area contributed by atoms with Gasteiger partial charge in [-0.3, -0.25) is 9.59 Å². The van der Waals surface area contributed by atoms with Crippen LogP contribution >= 0.6 is 0 Å². The Labute approximate surface area is 175 Å². The Balaban J connectivity index is 1.49. The molecule has 158 valence electrons. The van der Waals surface area contributed by atoms with E-state index >= 15 is 0 Å². The summed E-state index contributed by atoms with van der Waals surface area (Å²) in [6.45, 7) is 1.54. The minimum Gasteiger partial charge on any atom is -0.497 e. The second-order valence-electron chi connectivity index (χ2n) is 6.90. The van der Waals surface area contributed by atoms with E-state index in [4.69, 9.17) is 14.2 Å². The van der Waals surface area contributed by atoms with Gasteiger partial charge in [0.2, 0.25) is 0 Å². The molecule has 0 saturated carbocycles. The second kappa shape index (κ2) is 9.82. The number of ether oxygens (including phenoxy) is 3. The van der Waals surface area contributed by atoms with Gasteiger partial charge in [-0.05, 0) is 43.5 Å². The van der Waals surface area contributed by atoms with E-state index in [-0.39, 0.29) is 6.42 Å². The molecule has 1 heterocycles. The van der Waals surface area contributed by atoms with Gasteiger partial charge in [-0.25, -0.2) is 0 Å². The predicted octanol–water partition coefficient (Wildman–Crippen LogP) is 4.08. The summed E-state index contributed by atoms with van der Waals surface area (Å²) in [5, 5.41) is 3.87. The highest BCUT2D eigenvalue weighted by molar-refractivity contribution is 5.96. The Morgan fingerprint density at radius 3 is 2.67 bits per heavy atom. The fourth-order valence-electron chi connectivity index (χ4n) is 3.22. The molecule has 1 atom stereocenters. The van der Waals surface area contributed by atoms with E-state index in [1.54, 1.807) is 25.1 Å². The predicted molar refractivity (Wildman–Crippen MR) is 115 cm³/mol. The highest BCUT2D eigenvalue weighted by Crippen LogP contribution is 2.29. The Morgan fingerprint density at radius 1 is 1.10 bits per heavy atom. The van der Waals surface area contributed by atoms with Crippen molar-refractivity contribution in [2.75, 3.05) is 19.5 Å². The number of esters is 1. The van der Waals surface area contributed by atoms with E-state index < -0.39 is 18.0 Å². The largest absolute Gasteiger partial charge is 0.497 e. The molecule has 2 aromatic carbocycles. The molecule has 7 nitrogen and oxygen atoms in total. The summed E-state index contributed by atoms with van der Waals surface area (Å²) in [7, 11) is 3.04. The third kappa shape index (κ3) is 5.11. The molecule has 0 aliphatic carbocycles. The number of carbonyl (C=O) groups is 2. The van der Waals surface area contributed by atoms with Crippen molar-refractivity contribution in [3.63, 3.8) is 0 Å². The minimum atomic E-state index is -0.929. The van der Waals surface area contributed by atoms with Crippen molar-refractivity contribution in [2.24, 2.45) is 0 Å². The van der Waals surface area contributed by atoms with Crippen molar-refractivity contribution < 1.29 is 23.8 Å². The van der Waals surface area contributed by atoms with E-state index in [0.29, 0.717) is 23.6 Å². The van der Waals surface area contributed by atoms with Crippen LogP contribution in [0.25, 0.3) is 10.9 Å². The molecule has 0 aliphatic heterocycles. The lowest BCUT2D eigenvalue weighted by Gasteiger charge is -2.16. The van der Waals surface area contributed by atoms with Gasteiger partial charge in [0.25, 0.3) is 5.91 Å². The van der Waals surface area contributed by atoms with Gasteiger partial charge in [0.05, 0.1) is 19.9 Å². The molecule has 3 aromatic rings. The zero-order chi connectivity index (χ0) is 21.5. The van der Waals surface area contributed by atoms with Crippen molar-refractivity contribution in [3.8, 4) is 11.5 Å². The van der Waals surface area contributed by atoms with Crippen LogP contribution in [0.3, 0.4) is 0 Å². The molecule has 0 fully saturated rings. The lowest BCUT2D eigenvalue weighted by Crippen LogP contribution is -2.30. The number of anilines is 1. The zero-order valence-corrected chi connectivity index (χ0v) is 17.4. The number of hydrogen-bond acceptors (Lipinski definition) is 5.